The normalized spacial score (nSPS) is 11.9. The zero-order valence-electron chi connectivity index (χ0n) is 22.3. The predicted octanol–water partition coefficient (Wildman–Crippen LogP) is 10.4. The van der Waals surface area contributed by atoms with Gasteiger partial charge in [0.25, 0.3) is 0 Å². The van der Waals surface area contributed by atoms with Crippen molar-refractivity contribution in [1.82, 2.24) is 9.38 Å². The minimum absolute atomic E-state index is 1.00. The summed E-state index contributed by atoms with van der Waals surface area (Å²) in [6, 6.07) is 52.6. The van der Waals surface area contributed by atoms with Gasteiger partial charge in [-0.05, 0) is 80.2 Å². The molecule has 0 spiro atoms. The summed E-state index contributed by atoms with van der Waals surface area (Å²) in [7, 11) is 0. The fraction of sp³-hybridized carbons (Fsp3) is 0. The second-order valence-electron chi connectivity index (χ2n) is 10.8. The van der Waals surface area contributed by atoms with E-state index in [0.717, 1.165) is 16.7 Å². The van der Waals surface area contributed by atoms with Gasteiger partial charge in [0.2, 0.25) is 0 Å². The van der Waals surface area contributed by atoms with Gasteiger partial charge in [0.05, 0.1) is 16.6 Å². The van der Waals surface area contributed by atoms with Crippen molar-refractivity contribution in [2.45, 2.75) is 0 Å². The molecule has 0 atom stereocenters. The van der Waals surface area contributed by atoms with Gasteiger partial charge in [-0.1, -0.05) is 109 Å². The molecule has 0 bridgehead atoms. The Hall–Kier alpha value is -5.47. The average Bonchev–Trinajstić information content (AvgIpc) is 3.44. The maximum atomic E-state index is 5.15. The van der Waals surface area contributed by atoms with Crippen molar-refractivity contribution >= 4 is 59.9 Å². The summed E-state index contributed by atoms with van der Waals surface area (Å²) in [5.74, 6) is 0. The molecule has 2 nitrogen and oxygen atoms in total. The Morgan fingerprint density at radius 1 is 0.390 bits per heavy atom. The fourth-order valence-electron chi connectivity index (χ4n) is 6.54. The molecule has 0 amide bonds. The average molecular weight is 521 g/mol. The van der Waals surface area contributed by atoms with Gasteiger partial charge in [0, 0.05) is 16.2 Å². The van der Waals surface area contributed by atoms with Gasteiger partial charge in [0.1, 0.15) is 5.65 Å². The minimum atomic E-state index is 1.00. The first kappa shape index (κ1) is 22.4. The van der Waals surface area contributed by atoms with Crippen LogP contribution in [0.2, 0.25) is 0 Å². The van der Waals surface area contributed by atoms with E-state index in [9.17, 15) is 0 Å². The van der Waals surface area contributed by atoms with Crippen molar-refractivity contribution in [3.05, 3.63) is 146 Å². The summed E-state index contributed by atoms with van der Waals surface area (Å²) in [5.41, 5.74) is 9.20. The second-order valence-corrected chi connectivity index (χ2v) is 10.8. The van der Waals surface area contributed by atoms with E-state index in [1.54, 1.807) is 0 Å². The molecule has 2 heteroatoms. The van der Waals surface area contributed by atoms with Crippen molar-refractivity contribution in [2.75, 3.05) is 0 Å². The molecule has 0 fully saturated rings. The molecule has 2 heterocycles. The van der Waals surface area contributed by atoms with E-state index in [1.807, 2.05) is 0 Å². The molecule has 41 heavy (non-hydrogen) atoms. The van der Waals surface area contributed by atoms with E-state index in [1.165, 1.54) is 65.5 Å². The van der Waals surface area contributed by atoms with Crippen LogP contribution in [0.4, 0.5) is 0 Å². The molecule has 0 aliphatic rings. The molecule has 0 radical (unpaired) electrons. The number of hydrogen-bond acceptors (Lipinski definition) is 1. The summed E-state index contributed by atoms with van der Waals surface area (Å²) >= 11 is 0. The molecule has 2 aromatic heterocycles. The molecule has 9 aromatic rings. The van der Waals surface area contributed by atoms with Crippen LogP contribution >= 0.6 is 0 Å². The molecular weight excluding hydrogens is 496 g/mol. The van der Waals surface area contributed by atoms with Crippen LogP contribution < -0.4 is 0 Å². The molecule has 190 valence electrons. The molecule has 0 N–H and O–H groups in total. The van der Waals surface area contributed by atoms with E-state index in [0.29, 0.717) is 0 Å². The fourth-order valence-corrected chi connectivity index (χ4v) is 6.54. The molecule has 7 aromatic carbocycles. The zero-order valence-corrected chi connectivity index (χ0v) is 22.3. The van der Waals surface area contributed by atoms with Crippen LogP contribution in [0.15, 0.2) is 146 Å². The number of hydrogen-bond donors (Lipinski definition) is 0. The van der Waals surface area contributed by atoms with E-state index >= 15 is 0 Å². The maximum Gasteiger partial charge on any atom is 0.146 e. The molecule has 0 saturated heterocycles. The zero-order chi connectivity index (χ0) is 26.9. The lowest BCUT2D eigenvalue weighted by atomic mass is 9.95. The number of pyridine rings is 1. The van der Waals surface area contributed by atoms with Gasteiger partial charge in [-0.25, -0.2) is 4.98 Å². The van der Waals surface area contributed by atoms with Gasteiger partial charge in [-0.3, -0.25) is 4.40 Å². The monoisotopic (exact) mass is 520 g/mol. The number of fused-ring (bicyclic) bond motifs is 11. The van der Waals surface area contributed by atoms with Crippen molar-refractivity contribution in [3.63, 3.8) is 0 Å². The molecule has 0 aliphatic carbocycles. The van der Waals surface area contributed by atoms with Crippen LogP contribution in [0, 0.1) is 0 Å². The Labute approximate surface area is 236 Å². The van der Waals surface area contributed by atoms with E-state index in [4.69, 9.17) is 4.98 Å². The Balaban J connectivity index is 1.34. The lowest BCUT2D eigenvalue weighted by Crippen LogP contribution is -1.93. The van der Waals surface area contributed by atoms with Crippen molar-refractivity contribution in [1.29, 1.82) is 0 Å². The van der Waals surface area contributed by atoms with Crippen LogP contribution in [-0.2, 0) is 0 Å². The van der Waals surface area contributed by atoms with E-state index in [2.05, 4.69) is 150 Å². The number of imidazole rings is 1. The molecule has 0 saturated carbocycles. The van der Waals surface area contributed by atoms with Crippen molar-refractivity contribution in [3.8, 4) is 22.3 Å². The highest BCUT2D eigenvalue weighted by Gasteiger charge is 2.16. The van der Waals surface area contributed by atoms with E-state index < -0.39 is 0 Å². The highest BCUT2D eigenvalue weighted by molar-refractivity contribution is 6.24. The quantitative estimate of drug-likeness (QED) is 0.207. The van der Waals surface area contributed by atoms with Crippen LogP contribution in [-0.4, -0.2) is 9.38 Å². The van der Waals surface area contributed by atoms with Crippen LogP contribution in [0.25, 0.3) is 82.2 Å². The lowest BCUT2D eigenvalue weighted by molar-refractivity contribution is 1.32. The summed E-state index contributed by atoms with van der Waals surface area (Å²) < 4.78 is 2.35. The maximum absolute atomic E-state index is 5.15. The van der Waals surface area contributed by atoms with Gasteiger partial charge < -0.3 is 0 Å². The molecule has 9 rings (SSSR count). The third-order valence-corrected chi connectivity index (χ3v) is 8.52. The van der Waals surface area contributed by atoms with Crippen LogP contribution in [0.5, 0.6) is 0 Å². The van der Waals surface area contributed by atoms with Gasteiger partial charge in [-0.15, -0.1) is 0 Å². The first-order valence-electron chi connectivity index (χ1n) is 14.1. The third-order valence-electron chi connectivity index (χ3n) is 8.52. The number of benzene rings is 7. The van der Waals surface area contributed by atoms with Gasteiger partial charge in [0.15, 0.2) is 0 Å². The molecular formula is C39H24N2. The summed E-state index contributed by atoms with van der Waals surface area (Å²) in [6.45, 7) is 0. The number of nitrogens with zero attached hydrogens (tertiary/aromatic N) is 2. The molecule has 0 unspecified atom stereocenters. The first-order valence-corrected chi connectivity index (χ1v) is 14.1. The summed E-state index contributed by atoms with van der Waals surface area (Å²) in [4.78, 5) is 5.15. The minimum Gasteiger partial charge on any atom is -0.292 e. The van der Waals surface area contributed by atoms with Gasteiger partial charge >= 0.3 is 0 Å². The number of para-hydroxylation sites is 2. The smallest absolute Gasteiger partial charge is 0.146 e. The van der Waals surface area contributed by atoms with Gasteiger partial charge in [-0.2, -0.15) is 0 Å². The molecule has 0 aliphatic heterocycles. The largest absolute Gasteiger partial charge is 0.292 e. The Bertz CT molecular complexity index is 2470. The Morgan fingerprint density at radius 3 is 1.93 bits per heavy atom. The standard InChI is InChI=1S/C39H24N2/c1-2-8-25(9-3-1)28-16-14-26-15-17-29(23-31(26)22-28)30-19-20-33-37(24-30)41-36-13-7-6-12-35(36)40-39(41)34-21-18-27-10-4-5-11-32(27)38(33)34/h1-24H. The Kier molecular flexibility index (Phi) is 4.64. The van der Waals surface area contributed by atoms with Crippen molar-refractivity contribution < 1.29 is 0 Å². The Morgan fingerprint density at radius 2 is 1.05 bits per heavy atom. The summed E-state index contributed by atoms with van der Waals surface area (Å²) in [5, 5.41) is 8.67. The lowest BCUT2D eigenvalue weighted by Gasteiger charge is -2.13. The van der Waals surface area contributed by atoms with Crippen LogP contribution in [0.3, 0.4) is 0 Å². The predicted molar refractivity (Wildman–Crippen MR) is 174 cm³/mol. The SMILES string of the molecule is c1ccc(-c2ccc3ccc(-c4ccc5c6c7ccccc7ccc6c6nc7ccccc7n6c5c4)cc3c2)cc1. The first-order chi connectivity index (χ1) is 20.3. The number of rotatable bonds is 2. The highest BCUT2D eigenvalue weighted by atomic mass is 15.0. The topological polar surface area (TPSA) is 17.3 Å². The van der Waals surface area contributed by atoms with E-state index in [-0.39, 0.29) is 0 Å². The van der Waals surface area contributed by atoms with Crippen LogP contribution in [0.1, 0.15) is 0 Å². The second kappa shape index (κ2) is 8.51. The third kappa shape index (κ3) is 3.34. The van der Waals surface area contributed by atoms with Crippen molar-refractivity contribution in [2.24, 2.45) is 0 Å². The highest BCUT2D eigenvalue weighted by Crippen LogP contribution is 2.38. The summed E-state index contributed by atoms with van der Waals surface area (Å²) in [6.07, 6.45) is 0. The number of aromatic nitrogens is 2.